The lowest BCUT2D eigenvalue weighted by Gasteiger charge is -2.45. The highest BCUT2D eigenvalue weighted by Gasteiger charge is 2.51. The molecule has 8 amide bonds. The van der Waals surface area contributed by atoms with Gasteiger partial charge in [0, 0.05) is 47.8 Å². The van der Waals surface area contributed by atoms with Gasteiger partial charge >= 0.3 is 0 Å². The van der Waals surface area contributed by atoms with Crippen molar-refractivity contribution >= 4 is 82.1 Å². The van der Waals surface area contributed by atoms with E-state index in [1.54, 1.807) is 19.1 Å². The molecule has 0 saturated carbocycles. The van der Waals surface area contributed by atoms with Gasteiger partial charge in [-0.15, -0.1) is 0 Å². The van der Waals surface area contributed by atoms with Crippen molar-refractivity contribution in [3.8, 4) is 68.2 Å². The van der Waals surface area contributed by atoms with Crippen LogP contribution in [0.5, 0.6) is 46.0 Å². The first kappa shape index (κ1) is 87.8. The minimum Gasteiger partial charge on any atom is -0.508 e. The van der Waals surface area contributed by atoms with E-state index in [-0.39, 0.29) is 82.7 Å². The van der Waals surface area contributed by atoms with Crippen LogP contribution in [0.25, 0.3) is 22.3 Å². The van der Waals surface area contributed by atoms with Crippen LogP contribution in [0, 0.1) is 5.92 Å². The molecule has 37 heteroatoms. The summed E-state index contributed by atoms with van der Waals surface area (Å²) in [5, 5.41) is 130. The number of likely N-dealkylation sites (N-methyl/N-ethyl adjacent to an activating group) is 1. The molecule has 119 heavy (non-hydrogen) atoms. The van der Waals surface area contributed by atoms with Crippen LogP contribution in [-0.4, -0.2) is 199 Å². The third-order valence-corrected chi connectivity index (χ3v) is 21.9. The van der Waals surface area contributed by atoms with Gasteiger partial charge in [-0.05, 0) is 157 Å². The second kappa shape index (κ2) is 38.3. The molecule has 7 aliphatic rings. The third kappa shape index (κ3) is 20.2. The third-order valence-electron chi connectivity index (χ3n) is 21.0. The Labute approximate surface area is 696 Å². The molecular weight excluding hydrogens is 1610 g/mol. The van der Waals surface area contributed by atoms with Crippen LogP contribution in [0.1, 0.15) is 117 Å². The Morgan fingerprint density at radius 2 is 1.27 bits per heavy atom. The summed E-state index contributed by atoms with van der Waals surface area (Å²) >= 11 is 20.5. The molecule has 22 N–H and O–H groups in total. The summed E-state index contributed by atoms with van der Waals surface area (Å²) < 4.78 is 39.5. The van der Waals surface area contributed by atoms with E-state index in [4.69, 9.17) is 74.7 Å². The van der Waals surface area contributed by atoms with Crippen molar-refractivity contribution in [3.63, 3.8) is 0 Å². The molecule has 2 fully saturated rings. The van der Waals surface area contributed by atoms with Gasteiger partial charge in [0.25, 0.3) is 0 Å². The van der Waals surface area contributed by atoms with Gasteiger partial charge in [-0.1, -0.05) is 103 Å². The van der Waals surface area contributed by atoms with Crippen molar-refractivity contribution in [3.05, 3.63) is 176 Å². The molecule has 18 atom stereocenters. The van der Waals surface area contributed by atoms with Crippen molar-refractivity contribution in [2.45, 2.75) is 169 Å². The fraction of sp³-hybridized carbons (Fsp3) is 0.390. The summed E-state index contributed by atoms with van der Waals surface area (Å²) in [6.45, 7) is 4.70. The first-order valence-electron chi connectivity index (χ1n) is 38.3. The minimum absolute atomic E-state index is 0.0248. The maximum absolute atomic E-state index is 16.3. The smallest absolute Gasteiger partial charge is 0.248 e. The van der Waals surface area contributed by atoms with Crippen LogP contribution >= 0.6 is 34.8 Å². The summed E-state index contributed by atoms with van der Waals surface area (Å²) in [5.41, 5.74) is 11.9. The fourth-order valence-electron chi connectivity index (χ4n) is 14.7. The number of hydrogen-bond donors (Lipinski definition) is 20. The summed E-state index contributed by atoms with van der Waals surface area (Å²) in [7, 11) is 1.48. The number of nitrogens with one attached hydrogen (secondary N) is 9. The average molecular weight is 1710 g/mol. The van der Waals surface area contributed by atoms with Crippen LogP contribution in [0.15, 0.2) is 127 Å². The number of fused-ring (bicyclic) bond motifs is 15. The zero-order valence-corrected chi connectivity index (χ0v) is 66.8. The largest absolute Gasteiger partial charge is 0.508 e. The predicted molar refractivity (Wildman–Crippen MR) is 428 cm³/mol. The van der Waals surface area contributed by atoms with Gasteiger partial charge in [-0.2, -0.15) is 0 Å². The van der Waals surface area contributed by atoms with Crippen LogP contribution in [-0.2, 0) is 59.1 Å². The Morgan fingerprint density at radius 1 is 0.647 bits per heavy atom. The number of phenolic OH excluding ortho intramolecular Hbond substituents is 3. The average Bonchev–Trinajstić information content (AvgIpc) is 0.765. The molecule has 14 rings (SSSR count). The molecule has 7 heterocycles. The van der Waals surface area contributed by atoms with E-state index >= 15 is 24.0 Å². The summed E-state index contributed by atoms with van der Waals surface area (Å²) in [6, 6.07) is 14.6. The highest BCUT2D eigenvalue weighted by molar-refractivity contribution is 6.32. The standard InChI is InChI=1S/C82H92Cl3N11O23/c1-35(2)23-51(88-4)75(107)95-66-69(103)41-14-19-55(48(84)25-41)115-57-27-43-28-58(73(57)119-82-74(72(106)71(105)59(34-97)117-82)118-61-32-50(68(102)36(3)114-61)90-33-37-7-9-38(10-8-37)39-11-16-44(83)17-12-39)116-56-20-15-42(26-49(56)85)70(104)67-81(113)94-65(77(109)89-22-6-5-21-86)47-29-45(98)30-54(100)62(47)46-24-40(13-18-53(46)99)63(78(110)96-67)93-79(111)64(43)92-76(108)52(31-60(87)101)91-80(66)112/h7-20,24-30,35-36,50-52,59,61,63-72,74,82,88,90,97-100,102-106H,5-6,21-23,31-34,86H2,1-4H3,(H2,87,101)(H,89,109)(H,91,112)(H,92,108)(H,93,111)(H,94,113)(H,95,107)(H,96,110)/t36?,50?,51-,52+,59?,61?,63?,64-,65-,66-,67+,68?,69-,70-,71?,72?,74?,82?/m1/s1. The highest BCUT2D eigenvalue weighted by Crippen LogP contribution is 2.50. The number of benzene rings is 7. The van der Waals surface area contributed by atoms with Crippen molar-refractivity contribution in [2.24, 2.45) is 17.4 Å². The number of carbonyl (C=O) groups is 8. The summed E-state index contributed by atoms with van der Waals surface area (Å²) in [6.07, 6.45) is -17.6. The number of phenols is 3. The van der Waals surface area contributed by atoms with Crippen LogP contribution in [0.3, 0.4) is 0 Å². The molecule has 0 aliphatic carbocycles. The molecule has 0 radical (unpaired) electrons. The number of primary amides is 1. The predicted octanol–water partition coefficient (Wildman–Crippen LogP) is 3.64. The number of rotatable bonds is 21. The Hall–Kier alpha value is -10.5. The van der Waals surface area contributed by atoms with Crippen LogP contribution < -0.4 is 73.5 Å². The second-order valence-electron chi connectivity index (χ2n) is 29.9. The quantitative estimate of drug-likeness (QED) is 0.0457. The van der Waals surface area contributed by atoms with Gasteiger partial charge in [0.1, 0.15) is 95.5 Å². The van der Waals surface area contributed by atoms with Gasteiger partial charge in [0.2, 0.25) is 59.3 Å². The lowest BCUT2D eigenvalue weighted by atomic mass is 9.89. The number of aromatic hydroxyl groups is 3. The zero-order chi connectivity index (χ0) is 85.5. The molecule has 634 valence electrons. The zero-order valence-electron chi connectivity index (χ0n) is 64.5. The number of ether oxygens (including phenoxy) is 6. The molecular formula is C82H92Cl3N11O23. The maximum Gasteiger partial charge on any atom is 0.248 e. The van der Waals surface area contributed by atoms with Gasteiger partial charge < -0.3 is 134 Å². The topological polar surface area (TPSA) is 534 Å². The van der Waals surface area contributed by atoms with E-state index in [0.717, 1.165) is 71.3 Å². The Balaban J connectivity index is 1.03. The summed E-state index contributed by atoms with van der Waals surface area (Å²) in [5.74, 6) is -14.6. The van der Waals surface area contributed by atoms with Gasteiger partial charge in [-0.3, -0.25) is 38.4 Å². The molecule has 0 spiro atoms. The monoisotopic (exact) mass is 1700 g/mol. The first-order chi connectivity index (χ1) is 56.8. The van der Waals surface area contributed by atoms with E-state index in [2.05, 4.69) is 47.9 Å². The molecule has 7 aromatic carbocycles. The van der Waals surface area contributed by atoms with Crippen molar-refractivity contribution < 1.29 is 113 Å². The van der Waals surface area contributed by atoms with Crippen LogP contribution in [0.2, 0.25) is 15.1 Å². The van der Waals surface area contributed by atoms with Crippen molar-refractivity contribution in [1.29, 1.82) is 0 Å². The van der Waals surface area contributed by atoms with Crippen LogP contribution in [0.4, 0.5) is 0 Å². The van der Waals surface area contributed by atoms with E-state index in [0.29, 0.717) is 17.9 Å². The number of halogens is 3. The maximum atomic E-state index is 16.3. The molecule has 11 bridgehead atoms. The molecule has 7 aliphatic heterocycles. The van der Waals surface area contributed by atoms with E-state index in [9.17, 15) is 60.3 Å². The van der Waals surface area contributed by atoms with E-state index in [1.807, 2.05) is 50.2 Å². The highest BCUT2D eigenvalue weighted by atomic mass is 35.5. The SMILES string of the molecule is CN[C@H](CC(C)C)C(=O)N[C@H]1C(=O)N[C@@H](CC(N)=O)C(=O)N[C@H]2C(=O)NC3C(=O)N[C@H](C(=O)N[C@@H](C(=O)NCCCCN)c4cc(O)cc(O)c4-c4cc3ccc4O)[C@H](O)c3ccc(c(Cl)c3)Oc3cc2cc(c3OC2OC(CO)C(O)C(O)C2OC2CC(NCc3ccc(-c4ccc(Cl)cc4)cc3)C(O)C(C)O2)Oc2ccc(cc2Cl)[C@H]1O. The number of unbranched alkanes of at least 4 members (excludes halogenated alkanes) is 1. The van der Waals surface area contributed by atoms with Crippen molar-refractivity contribution in [1.82, 2.24) is 47.9 Å². The minimum atomic E-state index is -2.35. The number of carbonyl (C=O) groups excluding carboxylic acids is 8. The number of nitrogens with two attached hydrogens (primary N) is 2. The summed E-state index contributed by atoms with van der Waals surface area (Å²) in [4.78, 5) is 120. The molecule has 10 unspecified atom stereocenters. The molecule has 2 saturated heterocycles. The Kier molecular flexibility index (Phi) is 28.2. The number of hydrogen-bond acceptors (Lipinski definition) is 26. The number of amides is 8. The van der Waals surface area contributed by atoms with Gasteiger partial charge in [-0.25, -0.2) is 0 Å². The molecule has 0 aromatic heterocycles. The number of aliphatic hydroxyl groups excluding tert-OH is 6. The van der Waals surface area contributed by atoms with E-state index < -0.39 is 221 Å². The Bertz CT molecular complexity index is 4940. The normalized spacial score (nSPS) is 26.1. The Morgan fingerprint density at radius 3 is 1.89 bits per heavy atom. The van der Waals surface area contributed by atoms with Crippen molar-refractivity contribution in [2.75, 3.05) is 26.7 Å². The lowest BCUT2D eigenvalue weighted by Crippen LogP contribution is -2.63. The van der Waals surface area contributed by atoms with E-state index in [1.165, 1.54) is 31.3 Å². The second-order valence-corrected chi connectivity index (χ2v) is 31.2. The fourth-order valence-corrected chi connectivity index (χ4v) is 15.3. The first-order valence-corrected chi connectivity index (χ1v) is 39.4. The number of aliphatic hydroxyl groups is 6. The van der Waals surface area contributed by atoms with Gasteiger partial charge in [0.15, 0.2) is 23.9 Å². The molecule has 7 aromatic rings. The molecule has 34 nitrogen and oxygen atoms in total. The lowest BCUT2D eigenvalue weighted by molar-refractivity contribution is -0.330. The van der Waals surface area contributed by atoms with Gasteiger partial charge in [0.05, 0.1) is 41.3 Å².